The molecule has 0 radical (unpaired) electrons. The van der Waals surface area contributed by atoms with Crippen molar-refractivity contribution in [2.45, 2.75) is 0 Å². The smallest absolute Gasteiger partial charge is 0.0723 e. The maximum atomic E-state index is 5.86. The number of hydrogen-bond donors (Lipinski definition) is 1. The SMILES string of the molecule is ClCCN(CCCl)c1ccc(C=NNc2ccnc3ccccc23)cc1. The molecule has 1 heterocycles. The summed E-state index contributed by atoms with van der Waals surface area (Å²) >= 11 is 11.7. The van der Waals surface area contributed by atoms with Crippen molar-refractivity contribution in [3.8, 4) is 0 Å². The second kappa shape index (κ2) is 9.41. The number of nitrogens with one attached hydrogen (secondary N) is 1. The number of nitrogens with zero attached hydrogens (tertiary/aromatic N) is 3. The number of halogens is 2. The molecule has 4 nitrogen and oxygen atoms in total. The van der Waals surface area contributed by atoms with Gasteiger partial charge in [-0.1, -0.05) is 30.3 Å². The number of aromatic nitrogens is 1. The molecule has 6 heteroatoms. The predicted molar refractivity (Wildman–Crippen MR) is 113 cm³/mol. The van der Waals surface area contributed by atoms with Crippen LogP contribution in [0.1, 0.15) is 5.56 Å². The molecule has 1 aromatic heterocycles. The van der Waals surface area contributed by atoms with E-state index in [2.05, 4.69) is 32.5 Å². The van der Waals surface area contributed by atoms with Gasteiger partial charge < -0.3 is 4.90 Å². The van der Waals surface area contributed by atoms with Gasteiger partial charge in [0.1, 0.15) is 0 Å². The molecule has 0 fully saturated rings. The van der Waals surface area contributed by atoms with Crippen molar-refractivity contribution in [1.29, 1.82) is 0 Å². The van der Waals surface area contributed by atoms with Crippen LogP contribution in [0.4, 0.5) is 11.4 Å². The van der Waals surface area contributed by atoms with Crippen LogP contribution in [-0.4, -0.2) is 36.0 Å². The lowest BCUT2D eigenvalue weighted by Gasteiger charge is -2.22. The number of hydrazone groups is 1. The van der Waals surface area contributed by atoms with Crippen LogP contribution in [0, 0.1) is 0 Å². The molecule has 134 valence electrons. The van der Waals surface area contributed by atoms with Gasteiger partial charge in [-0.15, -0.1) is 23.2 Å². The van der Waals surface area contributed by atoms with Crippen molar-refractivity contribution in [3.05, 3.63) is 66.4 Å². The molecule has 0 spiro atoms. The van der Waals surface area contributed by atoms with E-state index < -0.39 is 0 Å². The maximum absolute atomic E-state index is 5.86. The van der Waals surface area contributed by atoms with Crippen molar-refractivity contribution in [2.24, 2.45) is 5.10 Å². The molecule has 0 aliphatic rings. The van der Waals surface area contributed by atoms with E-state index >= 15 is 0 Å². The molecular weight excluding hydrogens is 367 g/mol. The van der Waals surface area contributed by atoms with Gasteiger partial charge in [0.15, 0.2) is 0 Å². The maximum Gasteiger partial charge on any atom is 0.0723 e. The first kappa shape index (κ1) is 18.5. The Bertz CT molecular complexity index is 854. The van der Waals surface area contributed by atoms with Crippen LogP contribution in [-0.2, 0) is 0 Å². The number of alkyl halides is 2. The summed E-state index contributed by atoms with van der Waals surface area (Å²) in [5.74, 6) is 1.15. The first-order valence-corrected chi connectivity index (χ1v) is 9.48. The molecule has 0 aliphatic heterocycles. The largest absolute Gasteiger partial charge is 0.369 e. The second-order valence-electron chi connectivity index (χ2n) is 5.70. The van der Waals surface area contributed by atoms with Gasteiger partial charge in [-0.05, 0) is 29.8 Å². The van der Waals surface area contributed by atoms with Crippen molar-refractivity contribution in [1.82, 2.24) is 4.98 Å². The summed E-state index contributed by atoms with van der Waals surface area (Å²) in [7, 11) is 0. The van der Waals surface area contributed by atoms with Crippen LogP contribution in [0.15, 0.2) is 65.9 Å². The third-order valence-corrected chi connectivity index (χ3v) is 4.35. The zero-order valence-electron chi connectivity index (χ0n) is 14.3. The van der Waals surface area contributed by atoms with Crippen LogP contribution in [0.2, 0.25) is 0 Å². The number of para-hydroxylation sites is 1. The average Bonchev–Trinajstić information content (AvgIpc) is 2.69. The summed E-state index contributed by atoms with van der Waals surface area (Å²) in [5, 5.41) is 5.39. The molecule has 3 aromatic rings. The molecule has 3 rings (SSSR count). The molecule has 0 saturated carbocycles. The molecule has 0 unspecified atom stereocenters. The van der Waals surface area contributed by atoms with Crippen LogP contribution in [0.25, 0.3) is 10.9 Å². The van der Waals surface area contributed by atoms with Crippen LogP contribution in [0.5, 0.6) is 0 Å². The number of anilines is 2. The number of benzene rings is 2. The predicted octanol–water partition coefficient (Wildman–Crippen LogP) is 4.96. The van der Waals surface area contributed by atoms with E-state index in [9.17, 15) is 0 Å². The summed E-state index contributed by atoms with van der Waals surface area (Å²) in [5.41, 5.74) is 7.09. The summed E-state index contributed by atoms with van der Waals surface area (Å²) in [6, 6.07) is 18.1. The highest BCUT2D eigenvalue weighted by atomic mass is 35.5. The van der Waals surface area contributed by atoms with Crippen LogP contribution >= 0.6 is 23.2 Å². The van der Waals surface area contributed by atoms with E-state index in [4.69, 9.17) is 23.2 Å². The third kappa shape index (κ3) is 4.65. The minimum atomic E-state index is 0.573. The van der Waals surface area contributed by atoms with E-state index in [-0.39, 0.29) is 0 Å². The van der Waals surface area contributed by atoms with Gasteiger partial charge in [0.05, 0.1) is 17.4 Å². The second-order valence-corrected chi connectivity index (χ2v) is 6.46. The zero-order valence-corrected chi connectivity index (χ0v) is 15.8. The topological polar surface area (TPSA) is 40.5 Å². The number of rotatable bonds is 8. The normalized spacial score (nSPS) is 11.2. The number of pyridine rings is 1. The third-order valence-electron chi connectivity index (χ3n) is 4.01. The van der Waals surface area contributed by atoms with Gasteiger partial charge in [-0.25, -0.2) is 0 Å². The molecule has 0 aliphatic carbocycles. The Morgan fingerprint density at radius 2 is 1.69 bits per heavy atom. The molecule has 26 heavy (non-hydrogen) atoms. The molecule has 0 bridgehead atoms. The Morgan fingerprint density at radius 3 is 2.42 bits per heavy atom. The fourth-order valence-corrected chi connectivity index (χ4v) is 3.12. The lowest BCUT2D eigenvalue weighted by molar-refractivity contribution is 0.874. The van der Waals surface area contributed by atoms with Crippen LogP contribution in [0.3, 0.4) is 0 Å². The van der Waals surface area contributed by atoms with Crippen molar-refractivity contribution in [3.63, 3.8) is 0 Å². The van der Waals surface area contributed by atoms with E-state index in [0.717, 1.165) is 40.9 Å². The van der Waals surface area contributed by atoms with Crippen molar-refractivity contribution >= 4 is 51.7 Å². The summed E-state index contributed by atoms with van der Waals surface area (Å²) in [6.07, 6.45) is 3.57. The zero-order chi connectivity index (χ0) is 18.2. The highest BCUT2D eigenvalue weighted by Gasteiger charge is 2.04. The van der Waals surface area contributed by atoms with E-state index in [1.807, 2.05) is 42.5 Å². The standard InChI is InChI=1S/C20H20Cl2N4/c21-10-13-26(14-11-22)17-7-5-16(6-8-17)15-24-25-20-9-12-23-19-4-2-1-3-18(19)20/h1-9,12,15H,10-11,13-14H2,(H,23,25). The van der Waals surface area contributed by atoms with Crippen molar-refractivity contribution < 1.29 is 0 Å². The fraction of sp³-hybridized carbons (Fsp3) is 0.200. The average molecular weight is 387 g/mol. The Labute approximate surface area is 163 Å². The molecule has 2 aromatic carbocycles. The lowest BCUT2D eigenvalue weighted by Crippen LogP contribution is -2.27. The quantitative estimate of drug-likeness (QED) is 0.337. The Morgan fingerprint density at radius 1 is 0.962 bits per heavy atom. The molecular formula is C20H20Cl2N4. The Kier molecular flexibility index (Phi) is 6.69. The van der Waals surface area contributed by atoms with Gasteiger partial charge in [-0.3, -0.25) is 10.4 Å². The highest BCUT2D eigenvalue weighted by molar-refractivity contribution is 6.18. The fourth-order valence-electron chi connectivity index (χ4n) is 2.71. The van der Waals surface area contributed by atoms with Crippen molar-refractivity contribution in [2.75, 3.05) is 35.2 Å². The first-order valence-electron chi connectivity index (χ1n) is 8.41. The van der Waals surface area contributed by atoms with E-state index in [0.29, 0.717) is 11.8 Å². The molecule has 0 amide bonds. The highest BCUT2D eigenvalue weighted by Crippen LogP contribution is 2.21. The van der Waals surface area contributed by atoms with Crippen LogP contribution < -0.4 is 10.3 Å². The van der Waals surface area contributed by atoms with E-state index in [1.165, 1.54) is 0 Å². The van der Waals surface area contributed by atoms with E-state index in [1.54, 1.807) is 12.4 Å². The van der Waals surface area contributed by atoms with Gasteiger partial charge in [-0.2, -0.15) is 5.10 Å². The number of hydrogen-bond acceptors (Lipinski definition) is 4. The van der Waals surface area contributed by atoms with Gasteiger partial charge in [0, 0.05) is 42.1 Å². The first-order chi connectivity index (χ1) is 12.8. The lowest BCUT2D eigenvalue weighted by atomic mass is 10.2. The van der Waals surface area contributed by atoms with Gasteiger partial charge in [0.25, 0.3) is 0 Å². The Balaban J connectivity index is 1.68. The minimum Gasteiger partial charge on any atom is -0.369 e. The summed E-state index contributed by atoms with van der Waals surface area (Å²) in [4.78, 5) is 6.52. The summed E-state index contributed by atoms with van der Waals surface area (Å²) < 4.78 is 0. The molecule has 0 atom stereocenters. The van der Waals surface area contributed by atoms with Gasteiger partial charge >= 0.3 is 0 Å². The minimum absolute atomic E-state index is 0.573. The number of fused-ring (bicyclic) bond motifs is 1. The Hall–Kier alpha value is -2.30. The molecule has 1 N–H and O–H groups in total. The van der Waals surface area contributed by atoms with Gasteiger partial charge in [0.2, 0.25) is 0 Å². The molecule has 0 saturated heterocycles. The summed E-state index contributed by atoms with van der Waals surface area (Å²) in [6.45, 7) is 1.55. The monoisotopic (exact) mass is 386 g/mol.